The predicted octanol–water partition coefficient (Wildman–Crippen LogP) is 3.55. The zero-order valence-corrected chi connectivity index (χ0v) is 19.4. The van der Waals surface area contributed by atoms with E-state index in [1.807, 2.05) is 31.1 Å². The second-order valence-electron chi connectivity index (χ2n) is 9.47. The summed E-state index contributed by atoms with van der Waals surface area (Å²) in [5.41, 5.74) is 10.0. The van der Waals surface area contributed by atoms with Crippen molar-refractivity contribution in [1.82, 2.24) is 15.2 Å². The third-order valence-corrected chi connectivity index (χ3v) is 7.15. The van der Waals surface area contributed by atoms with Gasteiger partial charge in [-0.15, -0.1) is 0 Å². The summed E-state index contributed by atoms with van der Waals surface area (Å²) >= 11 is 0. The van der Waals surface area contributed by atoms with Crippen molar-refractivity contribution in [1.29, 1.82) is 0 Å². The molecule has 3 N–H and O–H groups in total. The second kappa shape index (κ2) is 8.30. The van der Waals surface area contributed by atoms with Gasteiger partial charge in [0.15, 0.2) is 5.96 Å². The van der Waals surface area contributed by atoms with E-state index in [9.17, 15) is 13.2 Å². The number of hydrogen-bond donors (Lipinski definition) is 2. The quantitative estimate of drug-likeness (QED) is 0.703. The molecule has 2 aliphatic heterocycles. The summed E-state index contributed by atoms with van der Waals surface area (Å²) in [6.45, 7) is 0.805. The molecule has 1 aromatic heterocycles. The van der Waals surface area contributed by atoms with Gasteiger partial charge in [0.25, 0.3) is 0 Å². The highest BCUT2D eigenvalue weighted by Gasteiger charge is 2.46. The molecule has 0 fully saturated rings. The molecule has 9 heteroatoms. The molecule has 0 amide bonds. The van der Waals surface area contributed by atoms with Crippen molar-refractivity contribution in [3.63, 3.8) is 0 Å². The molecule has 5 rings (SSSR count). The van der Waals surface area contributed by atoms with Crippen LogP contribution in [-0.4, -0.2) is 48.7 Å². The van der Waals surface area contributed by atoms with Crippen molar-refractivity contribution in [3.8, 4) is 0 Å². The molecular formula is C25H29F3N6. The van der Waals surface area contributed by atoms with Crippen molar-refractivity contribution in [2.45, 2.75) is 37.5 Å². The smallest absolute Gasteiger partial charge is 0.355 e. The Morgan fingerprint density at radius 2 is 1.74 bits per heavy atom. The Bertz CT molecular complexity index is 1130. The van der Waals surface area contributed by atoms with E-state index in [2.05, 4.69) is 22.4 Å². The Morgan fingerprint density at radius 1 is 1.06 bits per heavy atom. The molecule has 0 radical (unpaired) electrons. The van der Waals surface area contributed by atoms with Crippen LogP contribution in [0.2, 0.25) is 0 Å². The minimum Gasteiger partial charge on any atom is -0.355 e. The first-order valence-electron chi connectivity index (χ1n) is 11.6. The van der Waals surface area contributed by atoms with Gasteiger partial charge in [-0.3, -0.25) is 0 Å². The molecule has 0 bridgehead atoms. The summed E-state index contributed by atoms with van der Waals surface area (Å²) in [6, 6.07) is 10.8. The van der Waals surface area contributed by atoms with E-state index >= 15 is 0 Å². The number of nitrogens with one attached hydrogen (secondary N) is 1. The number of halogens is 3. The van der Waals surface area contributed by atoms with Crippen molar-refractivity contribution in [2.75, 3.05) is 32.1 Å². The minimum absolute atomic E-state index is 0.0282. The molecule has 0 saturated heterocycles. The number of alkyl halides is 3. The van der Waals surface area contributed by atoms with Crippen LogP contribution in [0.1, 0.15) is 29.5 Å². The molecule has 3 aliphatic rings. The number of fused-ring (bicyclic) bond motifs is 1. The Labute approximate surface area is 197 Å². The van der Waals surface area contributed by atoms with Gasteiger partial charge in [0.2, 0.25) is 0 Å². The monoisotopic (exact) mass is 470 g/mol. The number of anilines is 1. The van der Waals surface area contributed by atoms with E-state index in [1.165, 1.54) is 23.4 Å². The summed E-state index contributed by atoms with van der Waals surface area (Å²) in [7, 11) is 3.82. The second-order valence-corrected chi connectivity index (χ2v) is 9.47. The number of aliphatic imine (C=N–C) groups is 1. The summed E-state index contributed by atoms with van der Waals surface area (Å²) in [5.74, 6) is 0.734. The van der Waals surface area contributed by atoms with Gasteiger partial charge in [0.05, 0.1) is 5.56 Å². The van der Waals surface area contributed by atoms with Crippen LogP contribution in [0.25, 0.3) is 0 Å². The van der Waals surface area contributed by atoms with Crippen molar-refractivity contribution >= 4 is 11.8 Å². The maximum atomic E-state index is 13.7. The number of nitrogens with two attached hydrogens (primary N) is 1. The lowest BCUT2D eigenvalue weighted by molar-refractivity contribution is -0.137. The number of aromatic nitrogens is 1. The van der Waals surface area contributed by atoms with E-state index < -0.39 is 17.4 Å². The minimum atomic E-state index is -4.46. The van der Waals surface area contributed by atoms with Gasteiger partial charge in [-0.1, -0.05) is 24.3 Å². The topological polar surface area (TPSA) is 69.8 Å². The van der Waals surface area contributed by atoms with Crippen LogP contribution in [0.3, 0.4) is 0 Å². The molecule has 3 heterocycles. The fraction of sp³-hybridized carbons (Fsp3) is 0.440. The van der Waals surface area contributed by atoms with Crippen molar-refractivity contribution in [3.05, 3.63) is 70.6 Å². The lowest BCUT2D eigenvalue weighted by Gasteiger charge is -2.40. The maximum absolute atomic E-state index is 13.7. The van der Waals surface area contributed by atoms with Gasteiger partial charge in [0, 0.05) is 51.4 Å². The van der Waals surface area contributed by atoms with Crippen LogP contribution in [-0.2, 0) is 19.0 Å². The van der Waals surface area contributed by atoms with Gasteiger partial charge < -0.3 is 20.9 Å². The molecule has 34 heavy (non-hydrogen) atoms. The average molecular weight is 471 g/mol. The normalized spacial score (nSPS) is 23.1. The number of hydrogen-bond acceptors (Lipinski definition) is 6. The fourth-order valence-electron chi connectivity index (χ4n) is 5.39. The number of nitrogens with zero attached hydrogens (tertiary/aromatic N) is 4. The van der Waals surface area contributed by atoms with Gasteiger partial charge in [-0.2, -0.15) is 13.2 Å². The molecular weight excluding hydrogens is 441 g/mol. The van der Waals surface area contributed by atoms with Gasteiger partial charge in [0.1, 0.15) is 11.5 Å². The van der Waals surface area contributed by atoms with Gasteiger partial charge in [-0.25, -0.2) is 9.98 Å². The van der Waals surface area contributed by atoms with Crippen LogP contribution < -0.4 is 16.0 Å². The Hall–Kier alpha value is -3.07. The van der Waals surface area contributed by atoms with Crippen LogP contribution in [0.5, 0.6) is 0 Å². The highest BCUT2D eigenvalue weighted by atomic mass is 19.4. The van der Waals surface area contributed by atoms with E-state index in [-0.39, 0.29) is 11.7 Å². The first kappa shape index (κ1) is 22.7. The number of benzene rings is 1. The predicted molar refractivity (Wildman–Crippen MR) is 126 cm³/mol. The molecule has 2 aromatic rings. The van der Waals surface area contributed by atoms with Crippen LogP contribution in [0.4, 0.5) is 19.0 Å². The molecule has 1 atom stereocenters. The largest absolute Gasteiger partial charge is 0.419 e. The third kappa shape index (κ3) is 3.91. The van der Waals surface area contributed by atoms with E-state index in [0.29, 0.717) is 31.9 Å². The standard InChI is InChI=1S/C25H29F3N6/c1-33(2)23-31-21-10-13-34(22-20(25(26,27)28)8-5-11-30-22)12-9-19(21)24(29,32-23)18-14-16-6-3-4-7-17(16)15-18/h3-8,11,18H,9-10,12-15,29H2,1-2H3,(H,31,32). The highest BCUT2D eigenvalue weighted by Crippen LogP contribution is 2.42. The molecule has 1 unspecified atom stereocenters. The maximum Gasteiger partial charge on any atom is 0.419 e. The Kier molecular flexibility index (Phi) is 5.55. The number of pyridine rings is 1. The average Bonchev–Trinajstić information content (AvgIpc) is 3.13. The fourth-order valence-corrected chi connectivity index (χ4v) is 5.39. The molecule has 0 spiro atoms. The molecule has 0 saturated carbocycles. The molecule has 6 nitrogen and oxygen atoms in total. The Balaban J connectivity index is 1.47. The summed E-state index contributed by atoms with van der Waals surface area (Å²) in [6.07, 6.45) is -0.336. The lowest BCUT2D eigenvalue weighted by atomic mass is 9.81. The van der Waals surface area contributed by atoms with Gasteiger partial charge >= 0.3 is 6.18 Å². The van der Waals surface area contributed by atoms with E-state index in [4.69, 9.17) is 10.7 Å². The van der Waals surface area contributed by atoms with E-state index in [0.717, 1.165) is 30.2 Å². The number of guanidine groups is 1. The van der Waals surface area contributed by atoms with Crippen molar-refractivity contribution < 1.29 is 13.2 Å². The van der Waals surface area contributed by atoms with Crippen molar-refractivity contribution in [2.24, 2.45) is 16.6 Å². The summed E-state index contributed by atoms with van der Waals surface area (Å²) in [4.78, 5) is 12.7. The van der Waals surface area contributed by atoms with Crippen LogP contribution in [0.15, 0.2) is 58.9 Å². The molecule has 1 aromatic carbocycles. The first-order chi connectivity index (χ1) is 16.2. The third-order valence-electron chi connectivity index (χ3n) is 7.15. The first-order valence-corrected chi connectivity index (χ1v) is 11.6. The SMILES string of the molecule is CN(C)C1=NC(N)(C2Cc3ccccc3C2)C2=C(CCN(c3ncccc3C(F)(F)F)CC2)N1. The summed E-state index contributed by atoms with van der Waals surface area (Å²) in [5, 5.41) is 3.42. The summed E-state index contributed by atoms with van der Waals surface area (Å²) < 4.78 is 41.0. The zero-order valence-electron chi connectivity index (χ0n) is 19.4. The zero-order chi connectivity index (χ0) is 24.1. The van der Waals surface area contributed by atoms with Crippen LogP contribution in [0, 0.1) is 5.92 Å². The lowest BCUT2D eigenvalue weighted by Crippen LogP contribution is -2.55. The molecule has 180 valence electrons. The van der Waals surface area contributed by atoms with Gasteiger partial charge in [-0.05, 0) is 48.1 Å². The molecule has 1 aliphatic carbocycles. The van der Waals surface area contributed by atoms with Crippen LogP contribution >= 0.6 is 0 Å². The number of rotatable bonds is 2. The highest BCUT2D eigenvalue weighted by molar-refractivity contribution is 5.83. The van der Waals surface area contributed by atoms with E-state index in [1.54, 1.807) is 4.90 Å². The Morgan fingerprint density at radius 3 is 2.38 bits per heavy atom.